The molecule has 2 rings (SSSR count). The van der Waals surface area contributed by atoms with Crippen LogP contribution in [0.1, 0.15) is 51.9 Å². The number of amides is 1. The first kappa shape index (κ1) is 15.3. The zero-order valence-electron chi connectivity index (χ0n) is 12.7. The van der Waals surface area contributed by atoms with Crippen LogP contribution in [0, 0.1) is 22.7 Å². The van der Waals surface area contributed by atoms with Gasteiger partial charge >= 0.3 is 0 Å². The summed E-state index contributed by atoms with van der Waals surface area (Å²) in [5.41, 5.74) is -0.723. The van der Waals surface area contributed by atoms with E-state index in [-0.39, 0.29) is 5.91 Å². The van der Waals surface area contributed by atoms with Crippen LogP contribution >= 0.6 is 0 Å². The van der Waals surface area contributed by atoms with Crippen LogP contribution in [0.2, 0.25) is 0 Å². The molecule has 2 aliphatic rings. The second-order valence-corrected chi connectivity index (χ2v) is 6.56. The van der Waals surface area contributed by atoms with Crippen LogP contribution in [0.5, 0.6) is 0 Å². The maximum atomic E-state index is 12.2. The van der Waals surface area contributed by atoms with E-state index in [4.69, 9.17) is 0 Å². The molecule has 1 saturated carbocycles. The van der Waals surface area contributed by atoms with E-state index in [1.165, 1.54) is 25.9 Å². The molecule has 0 aromatic rings. The first-order valence-electron chi connectivity index (χ1n) is 8.08. The molecule has 112 valence electrons. The van der Waals surface area contributed by atoms with E-state index in [1.54, 1.807) is 0 Å². The van der Waals surface area contributed by atoms with E-state index < -0.39 is 5.41 Å². The summed E-state index contributed by atoms with van der Waals surface area (Å²) in [6.07, 6.45) is 7.11. The molecule has 1 heterocycles. The fourth-order valence-electron chi connectivity index (χ4n) is 3.53. The highest BCUT2D eigenvalue weighted by atomic mass is 16.2. The molecule has 1 unspecified atom stereocenters. The summed E-state index contributed by atoms with van der Waals surface area (Å²) in [5.74, 6) is 0.767. The van der Waals surface area contributed by atoms with Gasteiger partial charge < -0.3 is 10.2 Å². The third kappa shape index (κ3) is 3.73. The second-order valence-electron chi connectivity index (χ2n) is 6.56. The van der Waals surface area contributed by atoms with Gasteiger partial charge in [0, 0.05) is 13.1 Å². The quantitative estimate of drug-likeness (QED) is 0.785. The lowest BCUT2D eigenvalue weighted by Crippen LogP contribution is -2.40. The Labute approximate surface area is 122 Å². The summed E-state index contributed by atoms with van der Waals surface area (Å²) in [5, 5.41) is 12.2. The largest absolute Gasteiger partial charge is 0.355 e. The second kappa shape index (κ2) is 7.08. The molecule has 1 amide bonds. The predicted octanol–water partition coefficient (Wildman–Crippen LogP) is 2.31. The molecular weight excluding hydrogens is 250 g/mol. The zero-order chi connectivity index (χ0) is 14.4. The van der Waals surface area contributed by atoms with Crippen LogP contribution < -0.4 is 5.32 Å². The molecule has 1 saturated heterocycles. The van der Waals surface area contributed by atoms with E-state index in [0.29, 0.717) is 6.54 Å². The molecule has 4 heteroatoms. The third-order valence-corrected chi connectivity index (χ3v) is 4.78. The number of carbonyl (C=O) groups is 1. The molecule has 0 bridgehead atoms. The Morgan fingerprint density at radius 1 is 1.40 bits per heavy atom. The fourth-order valence-corrected chi connectivity index (χ4v) is 3.53. The third-order valence-electron chi connectivity index (χ3n) is 4.78. The average Bonchev–Trinajstić information content (AvgIpc) is 2.93. The first-order chi connectivity index (χ1) is 9.66. The standard InChI is InChI=1S/C16H27N3O/c1-14-6-4-10-19(12-14)11-5-9-18-15(20)16(13-17)7-2-3-8-16/h14H,2-12H2,1H3,(H,18,20). The molecule has 1 N–H and O–H groups in total. The summed E-state index contributed by atoms with van der Waals surface area (Å²) >= 11 is 0. The first-order valence-corrected chi connectivity index (χ1v) is 8.08. The minimum atomic E-state index is -0.723. The summed E-state index contributed by atoms with van der Waals surface area (Å²) in [6, 6.07) is 2.25. The Morgan fingerprint density at radius 3 is 2.80 bits per heavy atom. The van der Waals surface area contributed by atoms with Crippen molar-refractivity contribution in [1.29, 1.82) is 5.26 Å². The average molecular weight is 277 g/mol. The van der Waals surface area contributed by atoms with Gasteiger partial charge in [-0.3, -0.25) is 4.79 Å². The van der Waals surface area contributed by atoms with Crippen molar-refractivity contribution in [2.45, 2.75) is 51.9 Å². The van der Waals surface area contributed by atoms with Gasteiger partial charge in [-0.15, -0.1) is 0 Å². The van der Waals surface area contributed by atoms with Crippen molar-refractivity contribution in [3.05, 3.63) is 0 Å². The Morgan fingerprint density at radius 2 is 2.15 bits per heavy atom. The molecule has 0 radical (unpaired) electrons. The smallest absolute Gasteiger partial charge is 0.240 e. The number of nitriles is 1. The Bertz CT molecular complexity index is 368. The summed E-state index contributed by atoms with van der Waals surface area (Å²) < 4.78 is 0. The molecule has 0 aromatic heterocycles. The Hall–Kier alpha value is -1.08. The van der Waals surface area contributed by atoms with Gasteiger partial charge in [-0.2, -0.15) is 5.26 Å². The normalized spacial score (nSPS) is 26.1. The maximum Gasteiger partial charge on any atom is 0.240 e. The molecule has 20 heavy (non-hydrogen) atoms. The van der Waals surface area contributed by atoms with E-state index in [9.17, 15) is 10.1 Å². The molecule has 1 aliphatic heterocycles. The van der Waals surface area contributed by atoms with Crippen molar-refractivity contribution < 1.29 is 4.79 Å². The van der Waals surface area contributed by atoms with Crippen LogP contribution in [-0.2, 0) is 4.79 Å². The van der Waals surface area contributed by atoms with Crippen molar-refractivity contribution in [2.24, 2.45) is 11.3 Å². The fraction of sp³-hybridized carbons (Fsp3) is 0.875. The SMILES string of the molecule is CC1CCCN(CCCNC(=O)C2(C#N)CCCC2)C1. The molecule has 1 atom stereocenters. The number of likely N-dealkylation sites (tertiary alicyclic amines) is 1. The van der Waals surface area contributed by atoms with Crippen LogP contribution in [0.25, 0.3) is 0 Å². The van der Waals surface area contributed by atoms with Gasteiger partial charge in [-0.1, -0.05) is 19.8 Å². The summed E-state index contributed by atoms with van der Waals surface area (Å²) in [7, 11) is 0. The van der Waals surface area contributed by atoms with Gasteiger partial charge in [0.2, 0.25) is 5.91 Å². The predicted molar refractivity (Wildman–Crippen MR) is 79.0 cm³/mol. The number of carbonyl (C=O) groups excluding carboxylic acids is 1. The lowest BCUT2D eigenvalue weighted by Gasteiger charge is -2.30. The monoisotopic (exact) mass is 277 g/mol. The number of nitrogens with zero attached hydrogens (tertiary/aromatic N) is 2. The van der Waals surface area contributed by atoms with Crippen LogP contribution in [0.15, 0.2) is 0 Å². The molecular formula is C16H27N3O. The van der Waals surface area contributed by atoms with E-state index in [2.05, 4.69) is 23.2 Å². The highest BCUT2D eigenvalue weighted by Crippen LogP contribution is 2.37. The topological polar surface area (TPSA) is 56.1 Å². The number of piperidine rings is 1. The molecule has 0 aromatic carbocycles. The van der Waals surface area contributed by atoms with Gasteiger partial charge in [-0.25, -0.2) is 0 Å². The van der Waals surface area contributed by atoms with E-state index >= 15 is 0 Å². The van der Waals surface area contributed by atoms with Crippen LogP contribution in [0.3, 0.4) is 0 Å². The zero-order valence-corrected chi connectivity index (χ0v) is 12.7. The van der Waals surface area contributed by atoms with E-state index in [0.717, 1.165) is 44.6 Å². The van der Waals surface area contributed by atoms with Crippen molar-refractivity contribution in [3.8, 4) is 6.07 Å². The minimum absolute atomic E-state index is 0.0375. The van der Waals surface area contributed by atoms with Gasteiger partial charge in [0.1, 0.15) is 5.41 Å². The van der Waals surface area contributed by atoms with Crippen molar-refractivity contribution in [2.75, 3.05) is 26.2 Å². The number of hydrogen-bond donors (Lipinski definition) is 1. The maximum absolute atomic E-state index is 12.2. The van der Waals surface area contributed by atoms with Gasteiger partial charge in [0.05, 0.1) is 6.07 Å². The summed E-state index contributed by atoms with van der Waals surface area (Å²) in [4.78, 5) is 14.7. The number of nitrogens with one attached hydrogen (secondary N) is 1. The van der Waals surface area contributed by atoms with Gasteiger partial charge in [0.25, 0.3) is 0 Å². The number of rotatable bonds is 5. The molecule has 1 aliphatic carbocycles. The molecule has 4 nitrogen and oxygen atoms in total. The van der Waals surface area contributed by atoms with Crippen LogP contribution in [0.4, 0.5) is 0 Å². The lowest BCUT2D eigenvalue weighted by atomic mass is 9.87. The molecule has 0 spiro atoms. The van der Waals surface area contributed by atoms with Crippen molar-refractivity contribution >= 4 is 5.91 Å². The van der Waals surface area contributed by atoms with E-state index in [1.807, 2.05) is 0 Å². The Kier molecular flexibility index (Phi) is 5.42. The minimum Gasteiger partial charge on any atom is -0.355 e. The lowest BCUT2D eigenvalue weighted by molar-refractivity contribution is -0.127. The highest BCUT2D eigenvalue weighted by molar-refractivity contribution is 5.85. The van der Waals surface area contributed by atoms with Gasteiger partial charge in [0.15, 0.2) is 0 Å². The summed E-state index contributed by atoms with van der Waals surface area (Å²) in [6.45, 7) is 6.46. The Balaban J connectivity index is 1.65. The van der Waals surface area contributed by atoms with Crippen molar-refractivity contribution in [1.82, 2.24) is 10.2 Å². The van der Waals surface area contributed by atoms with Crippen molar-refractivity contribution in [3.63, 3.8) is 0 Å². The number of hydrogen-bond acceptors (Lipinski definition) is 3. The van der Waals surface area contributed by atoms with Crippen LogP contribution in [-0.4, -0.2) is 37.0 Å². The highest BCUT2D eigenvalue weighted by Gasteiger charge is 2.41. The molecule has 2 fully saturated rings. The van der Waals surface area contributed by atoms with Gasteiger partial charge in [-0.05, 0) is 51.1 Å².